The highest BCUT2D eigenvalue weighted by molar-refractivity contribution is 5.66. The topological polar surface area (TPSA) is 59.3 Å². The van der Waals surface area contributed by atoms with Gasteiger partial charge in [0, 0.05) is 12.5 Å². The molecular formula is C11H11NO3. The van der Waals surface area contributed by atoms with Crippen LogP contribution in [0.4, 0.5) is 0 Å². The van der Waals surface area contributed by atoms with Crippen molar-refractivity contribution in [2.75, 3.05) is 7.11 Å². The summed E-state index contributed by atoms with van der Waals surface area (Å²) >= 11 is 0. The Bertz CT molecular complexity index is 395. The van der Waals surface area contributed by atoms with Crippen molar-refractivity contribution >= 4 is 5.97 Å². The van der Waals surface area contributed by atoms with Crippen molar-refractivity contribution in [1.29, 1.82) is 5.26 Å². The van der Waals surface area contributed by atoms with Gasteiger partial charge in [0.25, 0.3) is 0 Å². The van der Waals surface area contributed by atoms with Crippen LogP contribution in [0.25, 0.3) is 0 Å². The van der Waals surface area contributed by atoms with Crippen molar-refractivity contribution in [3.05, 3.63) is 29.8 Å². The molecule has 0 fully saturated rings. The van der Waals surface area contributed by atoms with Crippen LogP contribution in [-0.2, 0) is 9.53 Å². The number of esters is 1. The predicted octanol–water partition coefficient (Wildman–Crippen LogP) is 1.82. The monoisotopic (exact) mass is 205 g/mol. The molecule has 0 radical (unpaired) electrons. The van der Waals surface area contributed by atoms with Crippen LogP contribution in [0.1, 0.15) is 18.6 Å². The zero-order valence-electron chi connectivity index (χ0n) is 8.56. The van der Waals surface area contributed by atoms with Gasteiger partial charge >= 0.3 is 5.97 Å². The van der Waals surface area contributed by atoms with Gasteiger partial charge in [-0.3, -0.25) is 4.79 Å². The molecule has 0 aromatic heterocycles. The summed E-state index contributed by atoms with van der Waals surface area (Å²) < 4.78 is 9.83. The van der Waals surface area contributed by atoms with Gasteiger partial charge in [0.15, 0.2) is 0 Å². The maximum absolute atomic E-state index is 10.7. The second-order valence-corrected chi connectivity index (χ2v) is 2.90. The summed E-state index contributed by atoms with van der Waals surface area (Å²) in [4.78, 5) is 10.7. The summed E-state index contributed by atoms with van der Waals surface area (Å²) in [6.45, 7) is 1.27. The van der Waals surface area contributed by atoms with Crippen LogP contribution in [0.5, 0.6) is 5.75 Å². The third kappa shape index (κ3) is 2.99. The lowest BCUT2D eigenvalue weighted by Gasteiger charge is -2.10. The van der Waals surface area contributed by atoms with Crippen LogP contribution in [0.15, 0.2) is 24.3 Å². The highest BCUT2D eigenvalue weighted by Gasteiger charge is 2.13. The van der Waals surface area contributed by atoms with E-state index in [4.69, 9.17) is 14.7 Å². The van der Waals surface area contributed by atoms with E-state index in [-0.39, 0.29) is 0 Å². The largest absolute Gasteiger partial charge is 0.497 e. The Kier molecular flexibility index (Phi) is 3.69. The van der Waals surface area contributed by atoms with Crippen molar-refractivity contribution < 1.29 is 14.3 Å². The third-order valence-electron chi connectivity index (χ3n) is 1.80. The van der Waals surface area contributed by atoms with Crippen molar-refractivity contribution in [3.8, 4) is 11.8 Å². The Labute approximate surface area is 88.0 Å². The van der Waals surface area contributed by atoms with Gasteiger partial charge in [0.05, 0.1) is 7.11 Å². The molecule has 4 nitrogen and oxygen atoms in total. The van der Waals surface area contributed by atoms with Gasteiger partial charge in [-0.25, -0.2) is 0 Å². The average molecular weight is 205 g/mol. The second-order valence-electron chi connectivity index (χ2n) is 2.90. The first-order valence-corrected chi connectivity index (χ1v) is 4.38. The Balaban J connectivity index is 2.92. The fourth-order valence-electron chi connectivity index (χ4n) is 1.14. The molecule has 0 aliphatic carbocycles. The van der Waals surface area contributed by atoms with Crippen molar-refractivity contribution in [2.24, 2.45) is 0 Å². The third-order valence-corrected chi connectivity index (χ3v) is 1.80. The molecule has 0 N–H and O–H groups in total. The molecular weight excluding hydrogens is 194 g/mol. The van der Waals surface area contributed by atoms with Gasteiger partial charge < -0.3 is 9.47 Å². The minimum atomic E-state index is -0.877. The molecule has 15 heavy (non-hydrogen) atoms. The first-order valence-electron chi connectivity index (χ1n) is 4.38. The van der Waals surface area contributed by atoms with E-state index in [0.717, 1.165) is 0 Å². The maximum atomic E-state index is 10.7. The van der Waals surface area contributed by atoms with Crippen molar-refractivity contribution in [3.63, 3.8) is 0 Å². The van der Waals surface area contributed by atoms with E-state index in [0.29, 0.717) is 11.3 Å². The molecule has 0 amide bonds. The van der Waals surface area contributed by atoms with Gasteiger partial charge in [0.2, 0.25) is 6.10 Å². The summed E-state index contributed by atoms with van der Waals surface area (Å²) in [7, 11) is 1.53. The summed E-state index contributed by atoms with van der Waals surface area (Å²) in [5.74, 6) is 0.143. The average Bonchev–Trinajstić information content (AvgIpc) is 2.25. The maximum Gasteiger partial charge on any atom is 0.304 e. The van der Waals surface area contributed by atoms with Gasteiger partial charge in [-0.1, -0.05) is 12.1 Å². The number of rotatable bonds is 3. The second kappa shape index (κ2) is 5.01. The Morgan fingerprint density at radius 2 is 2.27 bits per heavy atom. The molecule has 0 bridgehead atoms. The quantitative estimate of drug-likeness (QED) is 0.706. The smallest absolute Gasteiger partial charge is 0.304 e. The predicted molar refractivity (Wildman–Crippen MR) is 53.1 cm³/mol. The number of hydrogen-bond donors (Lipinski definition) is 0. The number of nitrogens with zero attached hydrogens (tertiary/aromatic N) is 1. The van der Waals surface area contributed by atoms with E-state index in [2.05, 4.69) is 0 Å². The van der Waals surface area contributed by atoms with Crippen LogP contribution in [-0.4, -0.2) is 13.1 Å². The first kappa shape index (κ1) is 11.1. The number of carbonyl (C=O) groups excluding carboxylic acids is 1. The van der Waals surface area contributed by atoms with Crippen LogP contribution in [0.2, 0.25) is 0 Å². The Morgan fingerprint density at radius 3 is 2.80 bits per heavy atom. The number of methoxy groups -OCH3 is 1. The number of benzene rings is 1. The highest BCUT2D eigenvalue weighted by atomic mass is 16.5. The van der Waals surface area contributed by atoms with E-state index in [1.807, 2.05) is 6.07 Å². The molecule has 0 unspecified atom stereocenters. The first-order chi connectivity index (χ1) is 7.17. The van der Waals surface area contributed by atoms with Gasteiger partial charge in [0.1, 0.15) is 11.8 Å². The Morgan fingerprint density at radius 1 is 1.53 bits per heavy atom. The van der Waals surface area contributed by atoms with E-state index >= 15 is 0 Å². The number of hydrogen-bond acceptors (Lipinski definition) is 4. The zero-order chi connectivity index (χ0) is 11.3. The molecule has 1 aromatic carbocycles. The van der Waals surface area contributed by atoms with Gasteiger partial charge in [-0.05, 0) is 12.1 Å². The zero-order valence-corrected chi connectivity index (χ0v) is 8.56. The van der Waals surface area contributed by atoms with Gasteiger partial charge in [-0.15, -0.1) is 0 Å². The molecule has 1 atom stereocenters. The van der Waals surface area contributed by atoms with Crippen molar-refractivity contribution in [2.45, 2.75) is 13.0 Å². The lowest BCUT2D eigenvalue weighted by Crippen LogP contribution is -2.06. The molecule has 1 rings (SSSR count). The molecule has 78 valence electrons. The molecule has 4 heteroatoms. The molecule has 0 saturated heterocycles. The summed E-state index contributed by atoms with van der Waals surface area (Å²) in [5.41, 5.74) is 0.604. The number of nitriles is 1. The minimum absolute atomic E-state index is 0.482. The van der Waals surface area contributed by atoms with E-state index in [1.54, 1.807) is 24.3 Å². The van der Waals surface area contributed by atoms with Crippen LogP contribution in [0.3, 0.4) is 0 Å². The van der Waals surface area contributed by atoms with E-state index in [1.165, 1.54) is 14.0 Å². The molecule has 0 saturated carbocycles. The summed E-state index contributed by atoms with van der Waals surface area (Å²) in [6, 6.07) is 8.77. The molecule has 0 spiro atoms. The SMILES string of the molecule is COc1cccc([C@H](C#N)OC(C)=O)c1. The standard InChI is InChI=1S/C11H11NO3/c1-8(13)15-11(7-12)9-4-3-5-10(6-9)14-2/h3-6,11H,1-2H3/t11-/m0/s1. The number of ether oxygens (including phenoxy) is 2. The number of carbonyl (C=O) groups is 1. The molecule has 0 aliphatic heterocycles. The van der Waals surface area contributed by atoms with Gasteiger partial charge in [-0.2, -0.15) is 5.26 Å². The molecule has 0 heterocycles. The van der Waals surface area contributed by atoms with Crippen LogP contribution >= 0.6 is 0 Å². The fraction of sp³-hybridized carbons (Fsp3) is 0.273. The molecule has 0 aliphatic rings. The Hall–Kier alpha value is -2.02. The summed E-state index contributed by atoms with van der Waals surface area (Å²) in [6.07, 6.45) is -0.877. The van der Waals surface area contributed by atoms with Crippen LogP contribution < -0.4 is 4.74 Å². The van der Waals surface area contributed by atoms with E-state index < -0.39 is 12.1 Å². The highest BCUT2D eigenvalue weighted by Crippen LogP contribution is 2.21. The van der Waals surface area contributed by atoms with E-state index in [9.17, 15) is 4.79 Å². The lowest BCUT2D eigenvalue weighted by molar-refractivity contribution is -0.144. The van der Waals surface area contributed by atoms with Crippen LogP contribution in [0, 0.1) is 11.3 Å². The lowest BCUT2D eigenvalue weighted by atomic mass is 10.1. The minimum Gasteiger partial charge on any atom is -0.497 e. The fourth-order valence-corrected chi connectivity index (χ4v) is 1.14. The summed E-state index contributed by atoms with van der Waals surface area (Å²) in [5, 5.41) is 8.82. The normalized spacial score (nSPS) is 11.3. The molecule has 1 aromatic rings. The van der Waals surface area contributed by atoms with Crippen molar-refractivity contribution in [1.82, 2.24) is 0 Å².